The Balaban J connectivity index is 2.00. The first-order valence-electron chi connectivity index (χ1n) is 5.18. The highest BCUT2D eigenvalue weighted by Gasteiger charge is 2.21. The van der Waals surface area contributed by atoms with Gasteiger partial charge in [0.25, 0.3) is 0 Å². The van der Waals surface area contributed by atoms with Crippen LogP contribution in [0.2, 0.25) is 0 Å². The summed E-state index contributed by atoms with van der Waals surface area (Å²) in [5.74, 6) is 1.86. The maximum Gasteiger partial charge on any atom is 0.203 e. The van der Waals surface area contributed by atoms with Crippen molar-refractivity contribution in [3.63, 3.8) is 0 Å². The number of rotatable bonds is 5. The lowest BCUT2D eigenvalue weighted by atomic mass is 10.4. The topological polar surface area (TPSA) is 29.9 Å². The number of imidazole rings is 1. The quantitative estimate of drug-likeness (QED) is 0.723. The Bertz CT molecular complexity index is 323. The Morgan fingerprint density at radius 1 is 1.71 bits per heavy atom. The van der Waals surface area contributed by atoms with Crippen molar-refractivity contribution in [2.24, 2.45) is 5.92 Å². The van der Waals surface area contributed by atoms with E-state index >= 15 is 0 Å². The fourth-order valence-electron chi connectivity index (χ4n) is 1.52. The van der Waals surface area contributed by atoms with Gasteiger partial charge in [-0.2, -0.15) is 0 Å². The van der Waals surface area contributed by atoms with E-state index in [0.29, 0.717) is 0 Å². The van der Waals surface area contributed by atoms with E-state index in [1.807, 2.05) is 13.0 Å². The van der Waals surface area contributed by atoms with Gasteiger partial charge in [0.1, 0.15) is 0 Å². The zero-order valence-electron chi connectivity index (χ0n) is 8.66. The van der Waals surface area contributed by atoms with Gasteiger partial charge in [0.15, 0.2) is 0 Å². The predicted octanol–water partition coefficient (Wildman–Crippen LogP) is 2.20. The molecule has 0 bridgehead atoms. The number of hydrogen-bond acceptors (Lipinski definition) is 2. The largest absolute Gasteiger partial charge is 0.355 e. The molecule has 0 aromatic carbocycles. The molecule has 1 aliphatic rings. The van der Waals surface area contributed by atoms with Crippen molar-refractivity contribution in [2.45, 2.75) is 26.3 Å². The minimum absolute atomic E-state index is 0.827. The number of hydrogen-bond donors (Lipinski definition) is 1. The van der Waals surface area contributed by atoms with E-state index < -0.39 is 0 Å². The molecule has 1 aromatic rings. The average Bonchev–Trinajstić information content (AvgIpc) is 2.90. The highest BCUT2D eigenvalue weighted by atomic mass is 15.2. The fraction of sp³-hybridized carbons (Fsp3) is 0.545. The average molecular weight is 191 g/mol. The van der Waals surface area contributed by atoms with Gasteiger partial charge in [-0.05, 0) is 25.7 Å². The number of nitrogens with one attached hydrogen (secondary N) is 1. The summed E-state index contributed by atoms with van der Waals surface area (Å²) in [6, 6.07) is 0. The first kappa shape index (κ1) is 9.31. The molecule has 1 aromatic heterocycles. The third-order valence-electron chi connectivity index (χ3n) is 2.47. The normalized spacial score (nSPS) is 15.5. The summed E-state index contributed by atoms with van der Waals surface area (Å²) in [5, 5.41) is 3.38. The molecule has 0 amide bonds. The molecule has 0 atom stereocenters. The van der Waals surface area contributed by atoms with Gasteiger partial charge in [-0.15, -0.1) is 6.58 Å². The van der Waals surface area contributed by atoms with E-state index in [9.17, 15) is 0 Å². The van der Waals surface area contributed by atoms with Crippen LogP contribution in [0.1, 0.15) is 18.5 Å². The van der Waals surface area contributed by atoms with Gasteiger partial charge in [-0.1, -0.05) is 6.08 Å². The molecule has 0 aliphatic heterocycles. The first-order chi connectivity index (χ1) is 6.79. The van der Waals surface area contributed by atoms with Crippen molar-refractivity contribution in [2.75, 3.05) is 11.9 Å². The highest BCUT2D eigenvalue weighted by Crippen LogP contribution is 2.28. The van der Waals surface area contributed by atoms with E-state index in [2.05, 4.69) is 27.6 Å². The number of allylic oxidation sites excluding steroid dienone is 1. The molecular weight excluding hydrogens is 174 g/mol. The molecule has 1 N–H and O–H groups in total. The Morgan fingerprint density at radius 2 is 2.50 bits per heavy atom. The molecule has 1 fully saturated rings. The van der Waals surface area contributed by atoms with E-state index in [-0.39, 0.29) is 0 Å². The van der Waals surface area contributed by atoms with Crippen molar-refractivity contribution in [1.29, 1.82) is 0 Å². The van der Waals surface area contributed by atoms with Gasteiger partial charge < -0.3 is 9.88 Å². The van der Waals surface area contributed by atoms with Crippen LogP contribution in [0, 0.1) is 12.8 Å². The van der Waals surface area contributed by atoms with Gasteiger partial charge in [-0.3, -0.25) is 0 Å². The van der Waals surface area contributed by atoms with Crippen molar-refractivity contribution < 1.29 is 0 Å². The summed E-state index contributed by atoms with van der Waals surface area (Å²) >= 11 is 0. The first-order valence-corrected chi connectivity index (χ1v) is 5.18. The molecule has 2 rings (SSSR count). The zero-order chi connectivity index (χ0) is 9.97. The van der Waals surface area contributed by atoms with E-state index in [4.69, 9.17) is 0 Å². The second-order valence-corrected chi connectivity index (χ2v) is 3.97. The van der Waals surface area contributed by atoms with Gasteiger partial charge in [0.05, 0.1) is 5.69 Å². The van der Waals surface area contributed by atoms with Gasteiger partial charge in [0.2, 0.25) is 5.95 Å². The molecule has 0 spiro atoms. The Labute approximate surface area is 84.8 Å². The van der Waals surface area contributed by atoms with E-state index in [1.54, 1.807) is 0 Å². The van der Waals surface area contributed by atoms with Crippen LogP contribution in [-0.4, -0.2) is 16.1 Å². The van der Waals surface area contributed by atoms with Gasteiger partial charge >= 0.3 is 0 Å². The maximum absolute atomic E-state index is 4.43. The molecule has 3 nitrogen and oxygen atoms in total. The second kappa shape index (κ2) is 3.86. The third kappa shape index (κ3) is 2.16. The standard InChI is InChI=1S/C11H17N3/c1-3-6-14-8-9(2)13-11(14)12-7-10-4-5-10/h3,8,10H,1,4-7H2,2H3,(H,12,13). The highest BCUT2D eigenvalue weighted by molar-refractivity contribution is 5.29. The van der Waals surface area contributed by atoms with Crippen LogP contribution in [0.5, 0.6) is 0 Å². The molecule has 0 radical (unpaired) electrons. The maximum atomic E-state index is 4.43. The zero-order valence-corrected chi connectivity index (χ0v) is 8.66. The summed E-state index contributed by atoms with van der Waals surface area (Å²) in [5.41, 5.74) is 1.06. The van der Waals surface area contributed by atoms with Crippen LogP contribution in [0.15, 0.2) is 18.9 Å². The molecule has 0 saturated heterocycles. The summed E-state index contributed by atoms with van der Waals surface area (Å²) in [6.07, 6.45) is 6.68. The van der Waals surface area contributed by atoms with E-state index in [1.165, 1.54) is 12.8 Å². The van der Waals surface area contributed by atoms with Crippen molar-refractivity contribution in [3.05, 3.63) is 24.5 Å². The lowest BCUT2D eigenvalue weighted by Crippen LogP contribution is -2.09. The van der Waals surface area contributed by atoms with E-state index in [0.717, 1.165) is 30.6 Å². The molecule has 1 aliphatic carbocycles. The van der Waals surface area contributed by atoms with Crippen LogP contribution in [0.25, 0.3) is 0 Å². The van der Waals surface area contributed by atoms with Crippen LogP contribution in [-0.2, 0) is 6.54 Å². The molecular formula is C11H17N3. The Hall–Kier alpha value is -1.25. The summed E-state index contributed by atoms with van der Waals surface area (Å²) in [6.45, 7) is 7.64. The lowest BCUT2D eigenvalue weighted by molar-refractivity contribution is 0.799. The van der Waals surface area contributed by atoms with Crippen LogP contribution in [0.4, 0.5) is 5.95 Å². The van der Waals surface area contributed by atoms with Crippen molar-refractivity contribution >= 4 is 5.95 Å². The fourth-order valence-corrected chi connectivity index (χ4v) is 1.52. The SMILES string of the molecule is C=CCn1cc(C)nc1NCC1CC1. The summed E-state index contributed by atoms with van der Waals surface area (Å²) in [7, 11) is 0. The molecule has 1 saturated carbocycles. The minimum atomic E-state index is 0.827. The third-order valence-corrected chi connectivity index (χ3v) is 2.47. The number of aryl methyl sites for hydroxylation is 1. The Morgan fingerprint density at radius 3 is 3.14 bits per heavy atom. The van der Waals surface area contributed by atoms with Crippen LogP contribution < -0.4 is 5.32 Å². The number of aromatic nitrogens is 2. The van der Waals surface area contributed by atoms with Crippen molar-refractivity contribution in [1.82, 2.24) is 9.55 Å². The lowest BCUT2D eigenvalue weighted by Gasteiger charge is -2.06. The van der Waals surface area contributed by atoms with Gasteiger partial charge in [-0.25, -0.2) is 4.98 Å². The van der Waals surface area contributed by atoms with Crippen LogP contribution in [0.3, 0.4) is 0 Å². The van der Waals surface area contributed by atoms with Crippen LogP contribution >= 0.6 is 0 Å². The van der Waals surface area contributed by atoms with Gasteiger partial charge in [0, 0.05) is 19.3 Å². The number of nitrogens with zero attached hydrogens (tertiary/aromatic N) is 2. The summed E-state index contributed by atoms with van der Waals surface area (Å²) < 4.78 is 2.10. The molecule has 14 heavy (non-hydrogen) atoms. The second-order valence-electron chi connectivity index (χ2n) is 3.97. The minimum Gasteiger partial charge on any atom is -0.355 e. The molecule has 3 heteroatoms. The smallest absolute Gasteiger partial charge is 0.203 e. The number of anilines is 1. The molecule has 0 unspecified atom stereocenters. The summed E-state index contributed by atoms with van der Waals surface area (Å²) in [4.78, 5) is 4.43. The Kier molecular flexibility index (Phi) is 2.57. The monoisotopic (exact) mass is 191 g/mol. The molecule has 1 heterocycles. The molecule has 76 valence electrons. The van der Waals surface area contributed by atoms with Crippen molar-refractivity contribution in [3.8, 4) is 0 Å². The predicted molar refractivity (Wildman–Crippen MR) is 58.4 cm³/mol.